The van der Waals surface area contributed by atoms with Gasteiger partial charge in [-0.05, 0) is 48.0 Å². The van der Waals surface area contributed by atoms with Gasteiger partial charge >= 0.3 is 0 Å². The first-order valence-corrected chi connectivity index (χ1v) is 9.79. The van der Waals surface area contributed by atoms with Crippen LogP contribution >= 0.6 is 11.8 Å². The highest BCUT2D eigenvalue weighted by atomic mass is 32.2. The average Bonchev–Trinajstić information content (AvgIpc) is 3.04. The quantitative estimate of drug-likeness (QED) is 0.379. The van der Waals surface area contributed by atoms with Crippen LogP contribution in [0.4, 0.5) is 4.79 Å². The lowest BCUT2D eigenvalue weighted by Crippen LogP contribution is -2.17. The Kier molecular flexibility index (Phi) is 6.97. The topological polar surface area (TPSA) is 73.9 Å². The molecule has 0 aliphatic carbocycles. The Labute approximate surface area is 173 Å². The summed E-state index contributed by atoms with van der Waals surface area (Å²) in [5.41, 5.74) is 1.81. The number of ether oxygens (including phenoxy) is 3. The third-order valence-corrected chi connectivity index (χ3v) is 4.86. The van der Waals surface area contributed by atoms with E-state index in [0.717, 1.165) is 23.7 Å². The number of hydrogen-bond donors (Lipinski definition) is 1. The Hall–Kier alpha value is -3.19. The van der Waals surface area contributed by atoms with E-state index >= 15 is 0 Å². The molecule has 29 heavy (non-hydrogen) atoms. The van der Waals surface area contributed by atoms with Crippen molar-refractivity contribution in [2.75, 3.05) is 20.3 Å². The minimum absolute atomic E-state index is 0.302. The van der Waals surface area contributed by atoms with Crippen molar-refractivity contribution in [2.45, 2.75) is 6.42 Å². The SMILES string of the molecule is C=CCc1ccc(OCCOc2ccccc2/C=C2\SC(=O)NC2=O)c(OC)c1. The molecule has 0 unspecified atom stereocenters. The van der Waals surface area contributed by atoms with Crippen LogP contribution in [0.15, 0.2) is 60.0 Å². The number of rotatable bonds is 9. The van der Waals surface area contributed by atoms with Crippen molar-refractivity contribution in [1.82, 2.24) is 5.32 Å². The molecule has 0 bridgehead atoms. The summed E-state index contributed by atoms with van der Waals surface area (Å²) in [6.45, 7) is 4.35. The first kappa shape index (κ1) is 20.5. The summed E-state index contributed by atoms with van der Waals surface area (Å²) >= 11 is 0.873. The second kappa shape index (κ2) is 9.84. The molecule has 6 nitrogen and oxygen atoms in total. The number of para-hydroxylation sites is 1. The van der Waals surface area contributed by atoms with Gasteiger partial charge in [-0.25, -0.2) is 0 Å². The van der Waals surface area contributed by atoms with Crippen molar-refractivity contribution in [3.63, 3.8) is 0 Å². The molecule has 2 amide bonds. The lowest BCUT2D eigenvalue weighted by atomic mass is 10.1. The molecule has 1 heterocycles. The molecule has 0 saturated carbocycles. The van der Waals surface area contributed by atoms with E-state index in [2.05, 4.69) is 11.9 Å². The van der Waals surface area contributed by atoms with Gasteiger partial charge in [0.1, 0.15) is 19.0 Å². The van der Waals surface area contributed by atoms with Gasteiger partial charge in [0.05, 0.1) is 12.0 Å². The Balaban J connectivity index is 1.60. The van der Waals surface area contributed by atoms with Crippen molar-refractivity contribution < 1.29 is 23.8 Å². The van der Waals surface area contributed by atoms with Crippen LogP contribution in [0.3, 0.4) is 0 Å². The molecule has 0 aromatic heterocycles. The minimum Gasteiger partial charge on any atom is -0.493 e. The summed E-state index contributed by atoms with van der Waals surface area (Å²) in [6.07, 6.45) is 4.23. The standard InChI is InChI=1S/C22H21NO5S/c1-3-6-15-9-10-18(19(13-15)26-2)28-12-11-27-17-8-5-4-7-16(17)14-20-21(24)23-22(25)29-20/h3-5,7-10,13-14H,1,6,11-12H2,2H3,(H,23,24,25)/b20-14-. The summed E-state index contributed by atoms with van der Waals surface area (Å²) < 4.78 is 17.0. The van der Waals surface area contributed by atoms with E-state index in [1.54, 1.807) is 19.3 Å². The van der Waals surface area contributed by atoms with Gasteiger partial charge in [0.15, 0.2) is 11.5 Å². The first-order valence-electron chi connectivity index (χ1n) is 8.98. The molecule has 1 fully saturated rings. The summed E-state index contributed by atoms with van der Waals surface area (Å²) in [7, 11) is 1.60. The first-order chi connectivity index (χ1) is 14.1. The largest absolute Gasteiger partial charge is 0.493 e. The number of amides is 2. The molecule has 2 aromatic carbocycles. The molecule has 3 rings (SSSR count). The maximum atomic E-state index is 11.7. The van der Waals surface area contributed by atoms with E-state index in [-0.39, 0.29) is 5.24 Å². The number of methoxy groups -OCH3 is 1. The fourth-order valence-corrected chi connectivity index (χ4v) is 3.39. The third-order valence-electron chi connectivity index (χ3n) is 4.05. The van der Waals surface area contributed by atoms with Gasteiger partial charge in [0.2, 0.25) is 0 Å². The highest BCUT2D eigenvalue weighted by Gasteiger charge is 2.25. The van der Waals surface area contributed by atoms with E-state index < -0.39 is 5.91 Å². The van der Waals surface area contributed by atoms with Crippen molar-refractivity contribution in [3.05, 3.63) is 71.2 Å². The van der Waals surface area contributed by atoms with Crippen molar-refractivity contribution in [2.24, 2.45) is 0 Å². The lowest BCUT2D eigenvalue weighted by Gasteiger charge is -2.13. The zero-order valence-electron chi connectivity index (χ0n) is 16.0. The van der Waals surface area contributed by atoms with Crippen molar-refractivity contribution >= 4 is 29.0 Å². The number of hydrogen-bond acceptors (Lipinski definition) is 6. The Morgan fingerprint density at radius 1 is 1.03 bits per heavy atom. The van der Waals surface area contributed by atoms with E-state index in [0.29, 0.717) is 40.9 Å². The van der Waals surface area contributed by atoms with Crippen LogP contribution < -0.4 is 19.5 Å². The van der Waals surface area contributed by atoms with Gasteiger partial charge in [0.25, 0.3) is 11.1 Å². The predicted octanol–water partition coefficient (Wildman–Crippen LogP) is 4.21. The van der Waals surface area contributed by atoms with Gasteiger partial charge in [-0.15, -0.1) is 6.58 Å². The van der Waals surface area contributed by atoms with Crippen LogP contribution in [0.2, 0.25) is 0 Å². The monoisotopic (exact) mass is 411 g/mol. The molecule has 1 N–H and O–H groups in total. The molecule has 0 radical (unpaired) electrons. The van der Waals surface area contributed by atoms with Gasteiger partial charge in [-0.2, -0.15) is 0 Å². The highest BCUT2D eigenvalue weighted by molar-refractivity contribution is 8.18. The fraction of sp³-hybridized carbons (Fsp3) is 0.182. The summed E-state index contributed by atoms with van der Waals surface area (Å²) in [6, 6.07) is 13.1. The van der Waals surface area contributed by atoms with Crippen LogP contribution in [-0.2, 0) is 11.2 Å². The lowest BCUT2D eigenvalue weighted by molar-refractivity contribution is -0.115. The molecule has 1 aliphatic heterocycles. The van der Waals surface area contributed by atoms with Crippen LogP contribution in [-0.4, -0.2) is 31.5 Å². The summed E-state index contributed by atoms with van der Waals surface area (Å²) in [5, 5.41) is 1.86. The van der Waals surface area contributed by atoms with E-state index in [1.807, 2.05) is 42.5 Å². The summed E-state index contributed by atoms with van der Waals surface area (Å²) in [4.78, 5) is 23.4. The Morgan fingerprint density at radius 3 is 2.48 bits per heavy atom. The van der Waals surface area contributed by atoms with Gasteiger partial charge in [-0.3, -0.25) is 14.9 Å². The van der Waals surface area contributed by atoms with E-state index in [9.17, 15) is 9.59 Å². The molecule has 2 aromatic rings. The van der Waals surface area contributed by atoms with Crippen LogP contribution in [0.25, 0.3) is 6.08 Å². The maximum Gasteiger partial charge on any atom is 0.290 e. The number of imide groups is 1. The number of carbonyl (C=O) groups is 2. The van der Waals surface area contributed by atoms with Gasteiger partial charge < -0.3 is 14.2 Å². The number of nitrogens with one attached hydrogen (secondary N) is 1. The zero-order valence-corrected chi connectivity index (χ0v) is 16.8. The number of carbonyl (C=O) groups excluding carboxylic acids is 2. The Morgan fingerprint density at radius 2 is 1.79 bits per heavy atom. The molecule has 1 aliphatic rings. The van der Waals surface area contributed by atoms with Crippen molar-refractivity contribution in [1.29, 1.82) is 0 Å². The predicted molar refractivity (Wildman–Crippen MR) is 113 cm³/mol. The summed E-state index contributed by atoms with van der Waals surface area (Å²) in [5.74, 6) is 1.50. The second-order valence-corrected chi connectivity index (χ2v) is 7.08. The molecule has 0 spiro atoms. The maximum absolute atomic E-state index is 11.7. The molecular weight excluding hydrogens is 390 g/mol. The molecule has 7 heteroatoms. The van der Waals surface area contributed by atoms with Crippen LogP contribution in [0, 0.1) is 0 Å². The van der Waals surface area contributed by atoms with Crippen molar-refractivity contribution in [3.8, 4) is 17.2 Å². The van der Waals surface area contributed by atoms with Gasteiger partial charge in [0, 0.05) is 5.56 Å². The fourth-order valence-electron chi connectivity index (χ4n) is 2.72. The average molecular weight is 411 g/mol. The van der Waals surface area contributed by atoms with Crippen LogP contribution in [0.5, 0.6) is 17.2 Å². The number of thioether (sulfide) groups is 1. The molecule has 150 valence electrons. The number of benzene rings is 2. The van der Waals surface area contributed by atoms with Crippen LogP contribution in [0.1, 0.15) is 11.1 Å². The number of allylic oxidation sites excluding steroid dienone is 1. The zero-order chi connectivity index (χ0) is 20.6. The smallest absolute Gasteiger partial charge is 0.290 e. The second-order valence-electron chi connectivity index (χ2n) is 6.06. The molecule has 1 saturated heterocycles. The minimum atomic E-state index is -0.398. The van der Waals surface area contributed by atoms with E-state index in [1.165, 1.54) is 0 Å². The normalized spacial score (nSPS) is 14.6. The third kappa shape index (κ3) is 5.42. The Bertz CT molecular complexity index is 954. The highest BCUT2D eigenvalue weighted by Crippen LogP contribution is 2.30. The van der Waals surface area contributed by atoms with E-state index in [4.69, 9.17) is 14.2 Å². The van der Waals surface area contributed by atoms with Gasteiger partial charge in [-0.1, -0.05) is 30.3 Å². The molecule has 0 atom stereocenters. The molecular formula is C22H21NO5S.